The van der Waals surface area contributed by atoms with E-state index in [9.17, 15) is 0 Å². The Bertz CT molecular complexity index is 488. The quantitative estimate of drug-likeness (QED) is 0.594. The van der Waals surface area contributed by atoms with Crippen molar-refractivity contribution in [2.24, 2.45) is 0 Å². The zero-order valence-corrected chi connectivity index (χ0v) is 15.5. The maximum absolute atomic E-state index is 6.42. The average molecular weight is 331 g/mol. The van der Waals surface area contributed by atoms with Gasteiger partial charge in [0.2, 0.25) is 0 Å². The molecular weight excluding hydrogens is 307 g/mol. The lowest BCUT2D eigenvalue weighted by atomic mass is 9.78. The Morgan fingerprint density at radius 2 is 1.70 bits per heavy atom. The second-order valence-corrected chi connectivity index (χ2v) is 12.9. The van der Waals surface area contributed by atoms with Crippen LogP contribution in [0.1, 0.15) is 45.1 Å². The lowest BCUT2D eigenvalue weighted by molar-refractivity contribution is 0.0841. The fourth-order valence-electron chi connectivity index (χ4n) is 2.29. The summed E-state index contributed by atoms with van der Waals surface area (Å²) >= 11 is 12.0. The molecule has 0 aromatic heterocycles. The molecule has 0 heterocycles. The van der Waals surface area contributed by atoms with Crippen LogP contribution >= 0.6 is 23.2 Å². The van der Waals surface area contributed by atoms with Crippen molar-refractivity contribution >= 4 is 31.5 Å². The van der Waals surface area contributed by atoms with E-state index in [2.05, 4.69) is 39.9 Å². The molecule has 1 fully saturated rings. The Hall–Kier alpha value is -0.0231. The first-order chi connectivity index (χ1) is 9.10. The molecule has 0 atom stereocenters. The minimum absolute atomic E-state index is 0.279. The van der Waals surface area contributed by atoms with Gasteiger partial charge in [-0.05, 0) is 54.6 Å². The van der Waals surface area contributed by atoms with Crippen LogP contribution in [0.5, 0.6) is 0 Å². The molecule has 1 nitrogen and oxygen atoms in total. The molecule has 1 aromatic carbocycles. The van der Waals surface area contributed by atoms with Crippen molar-refractivity contribution < 1.29 is 4.43 Å². The molecule has 20 heavy (non-hydrogen) atoms. The Morgan fingerprint density at radius 3 is 2.20 bits per heavy atom. The van der Waals surface area contributed by atoms with Gasteiger partial charge in [-0.1, -0.05) is 50.0 Å². The van der Waals surface area contributed by atoms with E-state index >= 15 is 0 Å². The van der Waals surface area contributed by atoms with E-state index in [-0.39, 0.29) is 5.04 Å². The highest BCUT2D eigenvalue weighted by atomic mass is 35.5. The van der Waals surface area contributed by atoms with Gasteiger partial charge in [0.05, 0.1) is 10.0 Å². The van der Waals surface area contributed by atoms with Gasteiger partial charge < -0.3 is 4.43 Å². The summed E-state index contributed by atoms with van der Waals surface area (Å²) in [5, 5.41) is 1.56. The van der Waals surface area contributed by atoms with Crippen molar-refractivity contribution in [3.63, 3.8) is 0 Å². The molecule has 1 aromatic rings. The Morgan fingerprint density at radius 1 is 1.10 bits per heavy atom. The van der Waals surface area contributed by atoms with Crippen LogP contribution in [0.3, 0.4) is 0 Å². The highest BCUT2D eigenvalue weighted by Gasteiger charge is 2.42. The van der Waals surface area contributed by atoms with E-state index in [0.717, 1.165) is 12.8 Å². The second kappa shape index (κ2) is 5.64. The summed E-state index contributed by atoms with van der Waals surface area (Å²) in [4.78, 5) is 0. The summed E-state index contributed by atoms with van der Waals surface area (Å²) in [5.41, 5.74) is 1.29. The summed E-state index contributed by atoms with van der Waals surface area (Å²) in [7, 11) is -1.64. The van der Waals surface area contributed by atoms with Crippen molar-refractivity contribution in [2.75, 3.05) is 0 Å². The van der Waals surface area contributed by atoms with Crippen molar-refractivity contribution in [3.05, 3.63) is 33.8 Å². The Labute approximate surface area is 133 Å². The molecule has 0 amide bonds. The molecule has 0 radical (unpaired) electrons. The summed E-state index contributed by atoms with van der Waals surface area (Å²) in [6, 6.07) is 5.97. The van der Waals surface area contributed by atoms with Gasteiger partial charge in [-0.15, -0.1) is 0 Å². The molecule has 0 aliphatic heterocycles. The van der Waals surface area contributed by atoms with Crippen LogP contribution in [-0.2, 0) is 4.43 Å². The van der Waals surface area contributed by atoms with Crippen LogP contribution in [-0.4, -0.2) is 14.4 Å². The molecule has 0 bridgehead atoms. The van der Waals surface area contributed by atoms with Crippen molar-refractivity contribution in [1.29, 1.82) is 0 Å². The van der Waals surface area contributed by atoms with Crippen LogP contribution in [0.15, 0.2) is 18.2 Å². The van der Waals surface area contributed by atoms with Crippen LogP contribution < -0.4 is 0 Å². The van der Waals surface area contributed by atoms with Gasteiger partial charge in [0.1, 0.15) is 0 Å². The third-order valence-corrected chi connectivity index (χ3v) is 10.1. The van der Waals surface area contributed by atoms with E-state index < -0.39 is 8.32 Å². The first-order valence-electron chi connectivity index (χ1n) is 7.23. The first-order valence-corrected chi connectivity index (χ1v) is 10.9. The monoisotopic (exact) mass is 330 g/mol. The van der Waals surface area contributed by atoms with Gasteiger partial charge >= 0.3 is 0 Å². The van der Waals surface area contributed by atoms with Crippen LogP contribution in [0.4, 0.5) is 0 Å². The van der Waals surface area contributed by atoms with Gasteiger partial charge in [0.15, 0.2) is 8.32 Å². The standard InChI is InChI=1S/C16H24Cl2OSi/c1-16(2,3)20(4,5)19-13-8-12(9-13)11-6-7-14(17)15(18)10-11/h6-7,10,12-13H,8-9H2,1-5H3/t12-,13-. The zero-order chi connectivity index (χ0) is 15.1. The molecule has 0 unspecified atom stereocenters. The number of halogens is 2. The molecule has 1 saturated carbocycles. The van der Waals surface area contributed by atoms with Crippen LogP contribution in [0, 0.1) is 0 Å². The molecule has 0 spiro atoms. The van der Waals surface area contributed by atoms with E-state index in [4.69, 9.17) is 27.6 Å². The lowest BCUT2D eigenvalue weighted by Crippen LogP contribution is -2.47. The maximum atomic E-state index is 6.42. The Kier molecular flexibility index (Phi) is 4.61. The van der Waals surface area contributed by atoms with E-state index in [1.165, 1.54) is 5.56 Å². The average Bonchev–Trinajstić information content (AvgIpc) is 2.25. The Balaban J connectivity index is 1.93. The summed E-state index contributed by atoms with van der Waals surface area (Å²) in [6.45, 7) is 11.5. The highest BCUT2D eigenvalue weighted by Crippen LogP contribution is 2.45. The SMILES string of the molecule is CC(C)(C)[Si](C)(C)O[C@H]1C[C@H](c2ccc(Cl)c(Cl)c2)C1. The van der Waals surface area contributed by atoms with Crippen LogP contribution in [0.2, 0.25) is 28.2 Å². The fourth-order valence-corrected chi connectivity index (χ4v) is 3.98. The third kappa shape index (κ3) is 3.41. The van der Waals surface area contributed by atoms with Gasteiger partial charge in [-0.3, -0.25) is 0 Å². The molecule has 4 heteroatoms. The minimum atomic E-state index is -1.64. The van der Waals surface area contributed by atoms with E-state index in [1.807, 2.05) is 12.1 Å². The van der Waals surface area contributed by atoms with Crippen molar-refractivity contribution in [1.82, 2.24) is 0 Å². The topological polar surface area (TPSA) is 9.23 Å². The zero-order valence-electron chi connectivity index (χ0n) is 13.0. The number of benzene rings is 1. The van der Waals surface area contributed by atoms with Gasteiger partial charge in [-0.25, -0.2) is 0 Å². The van der Waals surface area contributed by atoms with Crippen LogP contribution in [0.25, 0.3) is 0 Å². The molecule has 0 N–H and O–H groups in total. The number of hydrogen-bond donors (Lipinski definition) is 0. The molecule has 112 valence electrons. The van der Waals surface area contributed by atoms with E-state index in [1.54, 1.807) is 0 Å². The molecular formula is C16H24Cl2OSi. The number of hydrogen-bond acceptors (Lipinski definition) is 1. The van der Waals surface area contributed by atoms with Crippen molar-refractivity contribution in [2.45, 2.75) is 63.8 Å². The first kappa shape index (κ1) is 16.3. The molecule has 1 aliphatic rings. The normalized spacial score (nSPS) is 23.6. The molecule has 2 rings (SSSR count). The van der Waals surface area contributed by atoms with Gasteiger partial charge in [0.25, 0.3) is 0 Å². The summed E-state index contributed by atoms with van der Waals surface area (Å²) in [6.07, 6.45) is 2.62. The van der Waals surface area contributed by atoms with Gasteiger partial charge in [-0.2, -0.15) is 0 Å². The third-order valence-electron chi connectivity index (χ3n) is 4.78. The minimum Gasteiger partial charge on any atom is -0.414 e. The van der Waals surface area contributed by atoms with Crippen molar-refractivity contribution in [3.8, 4) is 0 Å². The highest BCUT2D eigenvalue weighted by molar-refractivity contribution is 6.74. The molecule has 0 saturated heterocycles. The molecule has 1 aliphatic carbocycles. The van der Waals surface area contributed by atoms with E-state index in [0.29, 0.717) is 22.1 Å². The maximum Gasteiger partial charge on any atom is 0.192 e. The predicted octanol–water partition coefficient (Wildman–Crippen LogP) is 6.26. The summed E-state index contributed by atoms with van der Waals surface area (Å²) in [5.74, 6) is 0.569. The number of rotatable bonds is 3. The fraction of sp³-hybridized carbons (Fsp3) is 0.625. The second-order valence-electron chi connectivity index (χ2n) is 7.34. The van der Waals surface area contributed by atoms with Gasteiger partial charge in [0, 0.05) is 6.10 Å². The smallest absolute Gasteiger partial charge is 0.192 e. The predicted molar refractivity (Wildman–Crippen MR) is 90.5 cm³/mol. The largest absolute Gasteiger partial charge is 0.414 e. The lowest BCUT2D eigenvalue weighted by Gasteiger charge is -2.45. The summed E-state index contributed by atoms with van der Waals surface area (Å²) < 4.78 is 6.42.